The Hall–Kier alpha value is -3.12. The van der Waals surface area contributed by atoms with E-state index in [0.717, 1.165) is 29.9 Å². The number of hydrogen-bond acceptors (Lipinski definition) is 6. The zero-order valence-electron chi connectivity index (χ0n) is 18.4. The van der Waals surface area contributed by atoms with Crippen molar-refractivity contribution in [1.29, 1.82) is 0 Å². The molecule has 0 radical (unpaired) electrons. The predicted octanol–water partition coefficient (Wildman–Crippen LogP) is 3.41. The van der Waals surface area contributed by atoms with Gasteiger partial charge in [0, 0.05) is 18.8 Å². The van der Waals surface area contributed by atoms with Gasteiger partial charge in [0.15, 0.2) is 0 Å². The molecule has 1 fully saturated rings. The van der Waals surface area contributed by atoms with Gasteiger partial charge in [-0.3, -0.25) is 0 Å². The number of carbonyl (C=O) groups excluding carboxylic acids is 2. The summed E-state index contributed by atoms with van der Waals surface area (Å²) in [6, 6.07) is 16.9. The Bertz CT molecular complexity index is 1100. The Morgan fingerprint density at radius 2 is 1.90 bits per heavy atom. The number of ether oxygens (including phenoxy) is 2. The highest BCUT2D eigenvalue weighted by atomic mass is 16.5. The van der Waals surface area contributed by atoms with Crippen molar-refractivity contribution in [2.45, 2.75) is 30.7 Å². The number of fused-ring (bicyclic) bond motifs is 1. The van der Waals surface area contributed by atoms with Crippen LogP contribution in [0, 0.1) is 5.89 Å². The van der Waals surface area contributed by atoms with Gasteiger partial charge in [0.25, 0.3) is 0 Å². The summed E-state index contributed by atoms with van der Waals surface area (Å²) in [5.74, 6) is -2.19. The van der Waals surface area contributed by atoms with Crippen LogP contribution in [-0.4, -0.2) is 38.2 Å². The molecule has 2 aromatic carbocycles. The molecule has 6 nitrogen and oxygen atoms in total. The van der Waals surface area contributed by atoms with E-state index in [1.54, 1.807) is 24.3 Å². The van der Waals surface area contributed by atoms with Crippen LogP contribution in [0.4, 0.5) is 5.69 Å². The van der Waals surface area contributed by atoms with Gasteiger partial charge in [-0.15, -0.1) is 0 Å². The summed E-state index contributed by atoms with van der Waals surface area (Å²) in [7, 11) is 1.35. The molecule has 31 heavy (non-hydrogen) atoms. The molecule has 3 aliphatic rings. The summed E-state index contributed by atoms with van der Waals surface area (Å²) in [6.07, 6.45) is 1.47. The topological polar surface area (TPSA) is 76.7 Å². The highest BCUT2D eigenvalue weighted by molar-refractivity contribution is 5.93. The van der Waals surface area contributed by atoms with Crippen molar-refractivity contribution in [2.24, 2.45) is 5.89 Å². The zero-order valence-corrected chi connectivity index (χ0v) is 17.4. The standard InChI is InChI=1S/C25H26N2O4/c1-30-24(29)21-17(11-14-31-23(28)16-7-3-2-4-8-16)15-20-25(12-13-26-20)18-9-5-6-10-19(18)27-22(21)25/h2-10,17,20,26-27H,11-15H2,1H3/t17-,20+,25-/m1/s1/i17D. The van der Waals surface area contributed by atoms with Crippen LogP contribution in [0.3, 0.4) is 0 Å². The van der Waals surface area contributed by atoms with Crippen LogP contribution in [0.1, 0.15) is 36.6 Å². The molecule has 0 unspecified atom stereocenters. The molecule has 0 bridgehead atoms. The lowest BCUT2D eigenvalue weighted by molar-refractivity contribution is -0.137. The summed E-state index contributed by atoms with van der Waals surface area (Å²) in [4.78, 5) is 25.4. The largest absolute Gasteiger partial charge is 0.466 e. The van der Waals surface area contributed by atoms with E-state index >= 15 is 0 Å². The minimum Gasteiger partial charge on any atom is -0.466 e. The lowest BCUT2D eigenvalue weighted by Gasteiger charge is -2.41. The first-order valence-corrected chi connectivity index (χ1v) is 10.7. The summed E-state index contributed by atoms with van der Waals surface area (Å²) in [6.45, 7) is 0.843. The highest BCUT2D eigenvalue weighted by Gasteiger charge is 2.57. The summed E-state index contributed by atoms with van der Waals surface area (Å²) in [5.41, 5.74) is 3.32. The van der Waals surface area contributed by atoms with Crippen molar-refractivity contribution in [1.82, 2.24) is 5.32 Å². The van der Waals surface area contributed by atoms with E-state index in [1.807, 2.05) is 24.3 Å². The maximum Gasteiger partial charge on any atom is 0.338 e. The molecule has 6 heteroatoms. The minimum absolute atomic E-state index is 0.00406. The number of hydrogen-bond donors (Lipinski definition) is 2. The van der Waals surface area contributed by atoms with E-state index in [4.69, 9.17) is 9.47 Å². The van der Waals surface area contributed by atoms with Crippen LogP contribution in [0.25, 0.3) is 0 Å². The molecule has 0 saturated carbocycles. The van der Waals surface area contributed by atoms with Gasteiger partial charge in [-0.25, -0.2) is 9.59 Å². The Kier molecular flexibility index (Phi) is 4.72. The third kappa shape index (κ3) is 3.13. The first kappa shape index (κ1) is 18.6. The van der Waals surface area contributed by atoms with Gasteiger partial charge in [-0.2, -0.15) is 0 Å². The van der Waals surface area contributed by atoms with E-state index in [1.165, 1.54) is 7.11 Å². The quantitative estimate of drug-likeness (QED) is 0.724. The number of anilines is 1. The molecular formula is C25H26N2O4. The number of rotatable bonds is 5. The van der Waals surface area contributed by atoms with Gasteiger partial charge < -0.3 is 20.1 Å². The lowest BCUT2D eigenvalue weighted by Crippen LogP contribution is -2.47. The van der Waals surface area contributed by atoms with Gasteiger partial charge >= 0.3 is 11.9 Å². The van der Waals surface area contributed by atoms with Gasteiger partial charge in [0.1, 0.15) is 0 Å². The van der Waals surface area contributed by atoms with Gasteiger partial charge in [-0.05, 0) is 55.5 Å². The fourth-order valence-electron chi connectivity index (χ4n) is 5.33. The second-order valence-electron chi connectivity index (χ2n) is 8.20. The second kappa shape index (κ2) is 7.85. The van der Waals surface area contributed by atoms with E-state index in [0.29, 0.717) is 17.6 Å². The molecule has 0 aromatic heterocycles. The van der Waals surface area contributed by atoms with Crippen LogP contribution in [0.5, 0.6) is 0 Å². The van der Waals surface area contributed by atoms with Crippen molar-refractivity contribution in [3.05, 3.63) is 77.0 Å². The van der Waals surface area contributed by atoms with E-state index in [9.17, 15) is 11.0 Å². The smallest absolute Gasteiger partial charge is 0.338 e. The van der Waals surface area contributed by atoms with E-state index < -0.39 is 17.8 Å². The van der Waals surface area contributed by atoms with E-state index in [-0.39, 0.29) is 24.5 Å². The Morgan fingerprint density at radius 1 is 1.13 bits per heavy atom. The molecule has 1 saturated heterocycles. The SMILES string of the molecule is [2H][C@@]1(CCOC(=O)c2ccccc2)C[C@@H]2NCC[C@]23C(=C1C(=O)OC)Nc1ccccc13. The number of benzene rings is 2. The third-order valence-electron chi connectivity index (χ3n) is 6.71. The van der Waals surface area contributed by atoms with Crippen molar-refractivity contribution in [3.63, 3.8) is 0 Å². The maximum atomic E-state index is 13.0. The maximum absolute atomic E-state index is 13.0. The fourth-order valence-corrected chi connectivity index (χ4v) is 5.33. The normalized spacial score (nSPS) is 28.7. The van der Waals surface area contributed by atoms with Crippen LogP contribution >= 0.6 is 0 Å². The minimum atomic E-state index is -1.25. The Morgan fingerprint density at radius 3 is 2.71 bits per heavy atom. The molecule has 1 aliphatic carbocycles. The van der Waals surface area contributed by atoms with Crippen LogP contribution < -0.4 is 10.6 Å². The molecule has 2 N–H and O–H groups in total. The highest BCUT2D eigenvalue weighted by Crippen LogP contribution is 2.56. The number of nitrogens with one attached hydrogen (secondary N) is 2. The summed E-state index contributed by atoms with van der Waals surface area (Å²) < 4.78 is 20.0. The molecule has 2 aromatic rings. The van der Waals surface area contributed by atoms with Gasteiger partial charge in [0.05, 0.1) is 30.3 Å². The van der Waals surface area contributed by atoms with Crippen LogP contribution in [-0.2, 0) is 19.7 Å². The Balaban J connectivity index is 1.48. The molecular weight excluding hydrogens is 392 g/mol. The molecule has 3 atom stereocenters. The van der Waals surface area contributed by atoms with Crippen LogP contribution in [0.2, 0.25) is 0 Å². The number of esters is 2. The molecule has 160 valence electrons. The second-order valence-corrected chi connectivity index (χ2v) is 8.20. The monoisotopic (exact) mass is 419 g/mol. The predicted molar refractivity (Wildman–Crippen MR) is 117 cm³/mol. The molecule has 2 aliphatic heterocycles. The molecule has 1 spiro atoms. The van der Waals surface area contributed by atoms with Crippen molar-refractivity contribution in [2.75, 3.05) is 25.6 Å². The number of methoxy groups -OCH3 is 1. The zero-order chi connectivity index (χ0) is 22.3. The molecule has 2 heterocycles. The van der Waals surface area contributed by atoms with Crippen molar-refractivity contribution >= 4 is 17.6 Å². The van der Waals surface area contributed by atoms with Crippen LogP contribution in [0.15, 0.2) is 65.9 Å². The Labute approximate surface area is 183 Å². The van der Waals surface area contributed by atoms with Crippen molar-refractivity contribution in [3.8, 4) is 0 Å². The summed E-state index contributed by atoms with van der Waals surface area (Å²) >= 11 is 0. The number of para-hydroxylation sites is 1. The summed E-state index contributed by atoms with van der Waals surface area (Å²) in [5, 5.41) is 7.02. The third-order valence-corrected chi connectivity index (χ3v) is 6.71. The van der Waals surface area contributed by atoms with Gasteiger partial charge in [-0.1, -0.05) is 36.4 Å². The molecule has 5 rings (SSSR count). The lowest BCUT2D eigenvalue weighted by atomic mass is 9.64. The fraction of sp³-hybridized carbons (Fsp3) is 0.360. The average Bonchev–Trinajstić information content (AvgIpc) is 3.37. The average molecular weight is 419 g/mol. The van der Waals surface area contributed by atoms with E-state index in [2.05, 4.69) is 16.7 Å². The van der Waals surface area contributed by atoms with Crippen molar-refractivity contribution < 1.29 is 20.4 Å². The first-order chi connectivity index (χ1) is 15.5. The van der Waals surface area contributed by atoms with Gasteiger partial charge in [0.2, 0.25) is 0 Å². The molecule has 0 amide bonds. The number of carbonyl (C=O) groups is 2. The first-order valence-electron chi connectivity index (χ1n) is 11.2.